The number of pyridine rings is 1. The standard InChI is InChI=1S/C25H26N4/c1-3-5-9-18-12-14-20(15-13-18)27-24-16-19(8-4-2)21(17-26)25-28-22-10-6-7-11-23(22)29(24)25/h6-7,10-16,27H,3-5,8-9H2,1-2H3. The Bertz CT molecular complexity index is 1180. The average Bonchev–Trinajstić information content (AvgIpc) is 3.13. The molecule has 0 bridgehead atoms. The third-order valence-electron chi connectivity index (χ3n) is 5.33. The van der Waals surface area contributed by atoms with Gasteiger partial charge in [0.1, 0.15) is 11.9 Å². The summed E-state index contributed by atoms with van der Waals surface area (Å²) in [7, 11) is 0. The highest BCUT2D eigenvalue weighted by Gasteiger charge is 2.16. The van der Waals surface area contributed by atoms with Gasteiger partial charge in [0.2, 0.25) is 0 Å². The number of anilines is 2. The second-order valence-electron chi connectivity index (χ2n) is 7.48. The Morgan fingerprint density at radius 2 is 1.79 bits per heavy atom. The van der Waals surface area contributed by atoms with E-state index >= 15 is 0 Å². The molecule has 0 amide bonds. The molecule has 29 heavy (non-hydrogen) atoms. The van der Waals surface area contributed by atoms with Crippen molar-refractivity contribution in [2.45, 2.75) is 46.0 Å². The number of nitrogens with zero attached hydrogens (tertiary/aromatic N) is 3. The molecular formula is C25H26N4. The SMILES string of the molecule is CCCCc1ccc(Nc2cc(CCC)c(C#N)c3nc4ccccc4n23)cc1. The number of hydrogen-bond acceptors (Lipinski definition) is 3. The summed E-state index contributed by atoms with van der Waals surface area (Å²) in [6, 6.07) is 21.2. The number of rotatable bonds is 7. The highest BCUT2D eigenvalue weighted by molar-refractivity contribution is 5.85. The first-order valence-electron chi connectivity index (χ1n) is 10.4. The van der Waals surface area contributed by atoms with Gasteiger partial charge in [-0.15, -0.1) is 0 Å². The largest absolute Gasteiger partial charge is 0.341 e. The van der Waals surface area contributed by atoms with E-state index in [1.54, 1.807) is 0 Å². The maximum Gasteiger partial charge on any atom is 0.157 e. The van der Waals surface area contributed by atoms with E-state index in [0.29, 0.717) is 5.56 Å². The summed E-state index contributed by atoms with van der Waals surface area (Å²) in [6.07, 6.45) is 5.37. The minimum absolute atomic E-state index is 0.670. The minimum atomic E-state index is 0.670. The lowest BCUT2D eigenvalue weighted by Gasteiger charge is -2.14. The van der Waals surface area contributed by atoms with Crippen LogP contribution in [0, 0.1) is 11.3 Å². The molecule has 0 radical (unpaired) electrons. The molecule has 2 aromatic heterocycles. The maximum atomic E-state index is 9.83. The molecule has 0 spiro atoms. The number of nitrogens with one attached hydrogen (secondary N) is 1. The van der Waals surface area contributed by atoms with Gasteiger partial charge in [0.15, 0.2) is 5.65 Å². The molecule has 4 nitrogen and oxygen atoms in total. The summed E-state index contributed by atoms with van der Waals surface area (Å²) in [5, 5.41) is 13.4. The first kappa shape index (κ1) is 19.0. The van der Waals surface area contributed by atoms with Gasteiger partial charge in [0.25, 0.3) is 0 Å². The van der Waals surface area contributed by atoms with Crippen LogP contribution in [0.1, 0.15) is 49.8 Å². The van der Waals surface area contributed by atoms with Gasteiger partial charge in [-0.3, -0.25) is 4.40 Å². The van der Waals surface area contributed by atoms with Gasteiger partial charge in [0, 0.05) is 5.69 Å². The van der Waals surface area contributed by atoms with Crippen LogP contribution in [-0.4, -0.2) is 9.38 Å². The van der Waals surface area contributed by atoms with Crippen LogP contribution in [0.4, 0.5) is 11.5 Å². The number of nitriles is 1. The Labute approximate surface area is 171 Å². The molecule has 2 aromatic carbocycles. The third kappa shape index (κ3) is 3.69. The van der Waals surface area contributed by atoms with Gasteiger partial charge in [-0.25, -0.2) is 4.98 Å². The highest BCUT2D eigenvalue weighted by atomic mass is 15.1. The summed E-state index contributed by atoms with van der Waals surface area (Å²) in [5.41, 5.74) is 6.74. The van der Waals surface area contributed by atoms with Crippen molar-refractivity contribution in [3.63, 3.8) is 0 Å². The van der Waals surface area contributed by atoms with Crippen molar-refractivity contribution < 1.29 is 0 Å². The fraction of sp³-hybridized carbons (Fsp3) is 0.280. The number of benzene rings is 2. The number of unbranched alkanes of at least 4 members (excludes halogenated alkanes) is 1. The van der Waals surface area contributed by atoms with Crippen LogP contribution in [0.25, 0.3) is 16.7 Å². The van der Waals surface area contributed by atoms with Crippen LogP contribution < -0.4 is 5.32 Å². The van der Waals surface area contributed by atoms with Crippen LogP contribution in [0.3, 0.4) is 0 Å². The maximum absolute atomic E-state index is 9.83. The lowest BCUT2D eigenvalue weighted by atomic mass is 10.1. The van der Waals surface area contributed by atoms with Gasteiger partial charge in [-0.2, -0.15) is 5.26 Å². The Hall–Kier alpha value is -3.32. The van der Waals surface area contributed by atoms with Crippen molar-refractivity contribution in [3.05, 3.63) is 71.3 Å². The van der Waals surface area contributed by atoms with Crippen molar-refractivity contribution in [3.8, 4) is 6.07 Å². The van der Waals surface area contributed by atoms with Crippen LogP contribution >= 0.6 is 0 Å². The van der Waals surface area contributed by atoms with Gasteiger partial charge >= 0.3 is 0 Å². The second kappa shape index (κ2) is 8.36. The summed E-state index contributed by atoms with van der Waals surface area (Å²) in [4.78, 5) is 4.78. The Balaban J connectivity index is 1.83. The average molecular weight is 383 g/mol. The number of fused-ring (bicyclic) bond motifs is 3. The topological polar surface area (TPSA) is 53.1 Å². The Morgan fingerprint density at radius 3 is 2.52 bits per heavy atom. The molecule has 0 atom stereocenters. The van der Waals surface area contributed by atoms with Crippen LogP contribution in [0.15, 0.2) is 54.6 Å². The first-order valence-corrected chi connectivity index (χ1v) is 10.4. The van der Waals surface area contributed by atoms with Crippen molar-refractivity contribution in [1.29, 1.82) is 5.26 Å². The molecule has 4 heteroatoms. The summed E-state index contributed by atoms with van der Waals surface area (Å²) in [6.45, 7) is 4.35. The number of hydrogen-bond donors (Lipinski definition) is 1. The zero-order chi connectivity index (χ0) is 20.2. The fourth-order valence-electron chi connectivity index (χ4n) is 3.85. The van der Waals surface area contributed by atoms with E-state index in [4.69, 9.17) is 4.98 Å². The Kier molecular flexibility index (Phi) is 5.48. The molecule has 2 heterocycles. The van der Waals surface area contributed by atoms with E-state index in [1.165, 1.54) is 18.4 Å². The normalized spacial score (nSPS) is 11.1. The molecular weight excluding hydrogens is 356 g/mol. The number of imidazole rings is 1. The lowest BCUT2D eigenvalue weighted by molar-refractivity contribution is 0.795. The zero-order valence-corrected chi connectivity index (χ0v) is 17.1. The van der Waals surface area contributed by atoms with Crippen molar-refractivity contribution in [2.75, 3.05) is 5.32 Å². The van der Waals surface area contributed by atoms with Gasteiger partial charge < -0.3 is 5.32 Å². The first-order chi connectivity index (χ1) is 14.2. The van der Waals surface area contributed by atoms with Crippen LogP contribution in [0.5, 0.6) is 0 Å². The van der Waals surface area contributed by atoms with Crippen molar-refractivity contribution in [1.82, 2.24) is 9.38 Å². The molecule has 0 fully saturated rings. The zero-order valence-electron chi connectivity index (χ0n) is 17.1. The van der Waals surface area contributed by atoms with Gasteiger partial charge in [-0.05, 0) is 60.7 Å². The smallest absolute Gasteiger partial charge is 0.157 e. The molecule has 1 N–H and O–H groups in total. The molecule has 0 aliphatic carbocycles. The van der Waals surface area contributed by atoms with Crippen LogP contribution in [0.2, 0.25) is 0 Å². The van der Waals surface area contributed by atoms with E-state index in [-0.39, 0.29) is 0 Å². The number of aryl methyl sites for hydroxylation is 2. The predicted octanol–water partition coefficient (Wildman–Crippen LogP) is 6.40. The third-order valence-corrected chi connectivity index (χ3v) is 5.33. The van der Waals surface area contributed by atoms with E-state index in [2.05, 4.69) is 66.0 Å². The molecule has 0 aliphatic heterocycles. The Morgan fingerprint density at radius 1 is 1.00 bits per heavy atom. The molecule has 0 aliphatic rings. The monoisotopic (exact) mass is 382 g/mol. The predicted molar refractivity (Wildman–Crippen MR) is 120 cm³/mol. The number of aromatic nitrogens is 2. The van der Waals surface area contributed by atoms with E-state index in [0.717, 1.165) is 53.0 Å². The lowest BCUT2D eigenvalue weighted by Crippen LogP contribution is -2.04. The highest BCUT2D eigenvalue weighted by Crippen LogP contribution is 2.29. The molecule has 0 unspecified atom stereocenters. The fourth-order valence-corrected chi connectivity index (χ4v) is 3.85. The minimum Gasteiger partial charge on any atom is -0.341 e. The summed E-state index contributed by atoms with van der Waals surface area (Å²) < 4.78 is 2.07. The summed E-state index contributed by atoms with van der Waals surface area (Å²) >= 11 is 0. The molecule has 4 aromatic rings. The molecule has 0 saturated carbocycles. The van der Waals surface area contributed by atoms with E-state index in [1.807, 2.05) is 18.2 Å². The van der Waals surface area contributed by atoms with Crippen molar-refractivity contribution in [2.24, 2.45) is 0 Å². The van der Waals surface area contributed by atoms with E-state index in [9.17, 15) is 5.26 Å². The van der Waals surface area contributed by atoms with E-state index < -0.39 is 0 Å². The van der Waals surface area contributed by atoms with Gasteiger partial charge in [0.05, 0.1) is 16.6 Å². The quantitative estimate of drug-likeness (QED) is 0.402. The molecule has 4 rings (SSSR count). The molecule has 0 saturated heterocycles. The van der Waals surface area contributed by atoms with Gasteiger partial charge in [-0.1, -0.05) is 51.0 Å². The van der Waals surface area contributed by atoms with Crippen LogP contribution in [-0.2, 0) is 12.8 Å². The van der Waals surface area contributed by atoms with Crippen molar-refractivity contribution >= 4 is 28.2 Å². The number of para-hydroxylation sites is 2. The second-order valence-corrected chi connectivity index (χ2v) is 7.48. The molecule has 146 valence electrons. The summed E-state index contributed by atoms with van der Waals surface area (Å²) in [5.74, 6) is 0.942.